The highest BCUT2D eigenvalue weighted by Gasteiger charge is 2.22. The van der Waals surface area contributed by atoms with Gasteiger partial charge < -0.3 is 10.5 Å². The first-order valence-corrected chi connectivity index (χ1v) is 5.76. The van der Waals surface area contributed by atoms with E-state index in [-0.39, 0.29) is 11.8 Å². The number of nitrogens with zero attached hydrogens (tertiary/aromatic N) is 1. The van der Waals surface area contributed by atoms with Gasteiger partial charge in [0.15, 0.2) is 0 Å². The third-order valence-corrected chi connectivity index (χ3v) is 2.73. The number of primary amides is 1. The van der Waals surface area contributed by atoms with Crippen molar-refractivity contribution in [1.29, 1.82) is 0 Å². The van der Waals surface area contributed by atoms with Crippen molar-refractivity contribution in [2.45, 2.75) is 39.5 Å². The van der Waals surface area contributed by atoms with E-state index in [1.54, 1.807) is 13.3 Å². The summed E-state index contributed by atoms with van der Waals surface area (Å²) in [5.74, 6) is 0.650. The van der Waals surface area contributed by atoms with E-state index >= 15 is 0 Å². The van der Waals surface area contributed by atoms with Crippen LogP contribution in [0.15, 0.2) is 6.20 Å². The van der Waals surface area contributed by atoms with Gasteiger partial charge in [-0.2, -0.15) is 0 Å². The number of amides is 1. The number of aromatic nitrogens is 1. The summed E-state index contributed by atoms with van der Waals surface area (Å²) in [6.45, 7) is 8.12. The van der Waals surface area contributed by atoms with Gasteiger partial charge in [-0.15, -0.1) is 0 Å². The van der Waals surface area contributed by atoms with E-state index in [2.05, 4.69) is 18.8 Å². The lowest BCUT2D eigenvalue weighted by molar-refractivity contribution is 0.0993. The lowest BCUT2D eigenvalue weighted by Gasteiger charge is -2.19. The lowest BCUT2D eigenvalue weighted by Crippen LogP contribution is -2.18. The van der Waals surface area contributed by atoms with Crippen LogP contribution in [-0.2, 0) is 0 Å². The Hall–Kier alpha value is -1.58. The molecule has 1 amide bonds. The average Bonchev–Trinajstić information content (AvgIpc) is 2.26. The maximum atomic E-state index is 11.4. The van der Waals surface area contributed by atoms with Crippen LogP contribution in [0, 0.1) is 0 Å². The Labute approximate surface area is 102 Å². The largest absolute Gasteiger partial charge is 0.496 e. The van der Waals surface area contributed by atoms with E-state index in [1.807, 2.05) is 13.8 Å². The van der Waals surface area contributed by atoms with Crippen LogP contribution in [0.2, 0.25) is 0 Å². The number of carbonyl (C=O) groups excluding carboxylic acids is 1. The van der Waals surface area contributed by atoms with Crippen molar-refractivity contribution in [3.05, 3.63) is 23.0 Å². The number of hydrogen-bond donors (Lipinski definition) is 1. The fourth-order valence-electron chi connectivity index (χ4n) is 1.90. The Morgan fingerprint density at radius 1 is 1.29 bits per heavy atom. The molecule has 0 aliphatic heterocycles. The van der Waals surface area contributed by atoms with Crippen LogP contribution in [0.25, 0.3) is 0 Å². The van der Waals surface area contributed by atoms with Gasteiger partial charge in [-0.25, -0.2) is 0 Å². The molecule has 0 aliphatic carbocycles. The molecule has 0 aliphatic rings. The summed E-state index contributed by atoms with van der Waals surface area (Å²) in [7, 11) is 1.61. The molecule has 94 valence electrons. The number of ether oxygens (including phenoxy) is 1. The molecule has 2 N–H and O–H groups in total. The molecule has 17 heavy (non-hydrogen) atoms. The van der Waals surface area contributed by atoms with E-state index in [0.29, 0.717) is 5.69 Å². The predicted molar refractivity (Wildman–Crippen MR) is 67.5 cm³/mol. The summed E-state index contributed by atoms with van der Waals surface area (Å²) in [4.78, 5) is 15.6. The minimum atomic E-state index is -0.512. The van der Waals surface area contributed by atoms with Gasteiger partial charge in [-0.1, -0.05) is 27.7 Å². The number of nitrogens with two attached hydrogens (primary N) is 1. The first-order chi connectivity index (χ1) is 7.90. The van der Waals surface area contributed by atoms with E-state index < -0.39 is 5.91 Å². The maximum Gasteiger partial charge on any atom is 0.267 e. The summed E-state index contributed by atoms with van der Waals surface area (Å²) in [5.41, 5.74) is 7.45. The normalized spacial score (nSPS) is 11.0. The molecule has 0 fully saturated rings. The van der Waals surface area contributed by atoms with Gasteiger partial charge in [-0.3, -0.25) is 9.78 Å². The molecule has 1 rings (SSSR count). The highest BCUT2D eigenvalue weighted by atomic mass is 16.5. The smallest absolute Gasteiger partial charge is 0.267 e. The molecular weight excluding hydrogens is 216 g/mol. The molecule has 1 heterocycles. The van der Waals surface area contributed by atoms with Crippen LogP contribution >= 0.6 is 0 Å². The zero-order valence-corrected chi connectivity index (χ0v) is 11.1. The van der Waals surface area contributed by atoms with Crippen LogP contribution < -0.4 is 10.5 Å². The van der Waals surface area contributed by atoms with E-state index in [4.69, 9.17) is 10.5 Å². The second-order valence-corrected chi connectivity index (χ2v) is 4.68. The Balaban J connectivity index is 3.55. The number of pyridine rings is 1. The lowest BCUT2D eigenvalue weighted by atomic mass is 9.94. The molecule has 4 nitrogen and oxygen atoms in total. The second kappa shape index (κ2) is 5.17. The fraction of sp³-hybridized carbons (Fsp3) is 0.538. The highest BCUT2D eigenvalue weighted by molar-refractivity contribution is 5.93. The molecular formula is C13H20N2O2. The fourth-order valence-corrected chi connectivity index (χ4v) is 1.90. The summed E-state index contributed by atoms with van der Waals surface area (Å²) in [6.07, 6.45) is 1.68. The predicted octanol–water partition coefficient (Wildman–Crippen LogP) is 2.44. The van der Waals surface area contributed by atoms with Gasteiger partial charge in [-0.05, 0) is 11.8 Å². The molecule has 4 heteroatoms. The zero-order chi connectivity index (χ0) is 13.2. The summed E-state index contributed by atoms with van der Waals surface area (Å²) in [6, 6.07) is 0. The summed E-state index contributed by atoms with van der Waals surface area (Å²) >= 11 is 0. The first kappa shape index (κ1) is 13.5. The molecule has 0 spiro atoms. The van der Waals surface area contributed by atoms with Crippen LogP contribution in [0.3, 0.4) is 0 Å². The van der Waals surface area contributed by atoms with Crippen LogP contribution in [0.4, 0.5) is 0 Å². The van der Waals surface area contributed by atoms with Gasteiger partial charge in [0.2, 0.25) is 0 Å². The summed E-state index contributed by atoms with van der Waals surface area (Å²) < 4.78 is 5.44. The molecule has 0 aromatic carbocycles. The van der Waals surface area contributed by atoms with Gasteiger partial charge in [0, 0.05) is 17.3 Å². The third-order valence-electron chi connectivity index (χ3n) is 2.73. The Morgan fingerprint density at radius 2 is 1.88 bits per heavy atom. The van der Waals surface area contributed by atoms with Crippen molar-refractivity contribution in [2.75, 3.05) is 7.11 Å². The molecule has 0 saturated heterocycles. The molecule has 0 radical (unpaired) electrons. The zero-order valence-electron chi connectivity index (χ0n) is 11.1. The highest BCUT2D eigenvalue weighted by Crippen LogP contribution is 2.35. The quantitative estimate of drug-likeness (QED) is 0.873. The van der Waals surface area contributed by atoms with Crippen LogP contribution in [0.1, 0.15) is 61.1 Å². The van der Waals surface area contributed by atoms with Gasteiger partial charge in [0.1, 0.15) is 11.4 Å². The number of hydrogen-bond acceptors (Lipinski definition) is 3. The Kier molecular flexibility index (Phi) is 4.10. The molecule has 0 bridgehead atoms. The molecule has 1 aromatic heterocycles. The second-order valence-electron chi connectivity index (χ2n) is 4.68. The monoisotopic (exact) mass is 236 g/mol. The standard InChI is InChI=1S/C13H20N2O2/c1-7(2)9-6-15-11(13(14)16)10(8(3)4)12(9)17-5/h6-8H,1-5H3,(H2,14,16). The molecule has 0 atom stereocenters. The maximum absolute atomic E-state index is 11.4. The van der Waals surface area contributed by atoms with Crippen molar-refractivity contribution >= 4 is 5.91 Å². The molecule has 1 aromatic rings. The number of methoxy groups -OCH3 is 1. The van der Waals surface area contributed by atoms with Crippen molar-refractivity contribution in [1.82, 2.24) is 4.98 Å². The average molecular weight is 236 g/mol. The Bertz CT molecular complexity index is 426. The van der Waals surface area contributed by atoms with Crippen LogP contribution in [0.5, 0.6) is 5.75 Å². The summed E-state index contributed by atoms with van der Waals surface area (Å²) in [5, 5.41) is 0. The van der Waals surface area contributed by atoms with E-state index in [0.717, 1.165) is 16.9 Å². The van der Waals surface area contributed by atoms with Gasteiger partial charge >= 0.3 is 0 Å². The minimum absolute atomic E-state index is 0.138. The number of carbonyl (C=O) groups is 1. The topological polar surface area (TPSA) is 65.2 Å². The van der Waals surface area contributed by atoms with Crippen molar-refractivity contribution in [3.8, 4) is 5.75 Å². The van der Waals surface area contributed by atoms with E-state index in [1.165, 1.54) is 0 Å². The third kappa shape index (κ3) is 2.57. The Morgan fingerprint density at radius 3 is 2.24 bits per heavy atom. The van der Waals surface area contributed by atoms with E-state index in [9.17, 15) is 4.79 Å². The molecule has 0 unspecified atom stereocenters. The SMILES string of the molecule is COc1c(C(C)C)cnc(C(N)=O)c1C(C)C. The minimum Gasteiger partial charge on any atom is -0.496 e. The van der Waals surface area contributed by atoms with Crippen molar-refractivity contribution in [2.24, 2.45) is 5.73 Å². The van der Waals surface area contributed by atoms with Gasteiger partial charge in [0.05, 0.1) is 7.11 Å². The molecule has 0 saturated carbocycles. The van der Waals surface area contributed by atoms with Crippen LogP contribution in [-0.4, -0.2) is 18.0 Å². The first-order valence-electron chi connectivity index (χ1n) is 5.76. The van der Waals surface area contributed by atoms with Gasteiger partial charge in [0.25, 0.3) is 5.91 Å². The van der Waals surface area contributed by atoms with Crippen molar-refractivity contribution in [3.63, 3.8) is 0 Å². The van der Waals surface area contributed by atoms with Crippen molar-refractivity contribution < 1.29 is 9.53 Å². The number of rotatable bonds is 4.